The van der Waals surface area contributed by atoms with Gasteiger partial charge in [-0.1, -0.05) is 52.8 Å². The fourth-order valence-electron chi connectivity index (χ4n) is 3.90. The molecule has 32 heavy (non-hydrogen) atoms. The number of halogens is 1. The highest BCUT2D eigenvalue weighted by molar-refractivity contribution is 5.78. The quantitative estimate of drug-likeness (QED) is 0.479. The Kier molecular flexibility index (Phi) is 5.45. The molecule has 1 aliphatic heterocycles. The zero-order chi connectivity index (χ0) is 21.9. The number of nitrogens with zero attached hydrogens (tertiary/aromatic N) is 6. The van der Waals surface area contributed by atoms with Crippen molar-refractivity contribution in [1.82, 2.24) is 30.0 Å². The van der Waals surface area contributed by atoms with Crippen LogP contribution in [-0.4, -0.2) is 49.0 Å². The molecule has 1 aliphatic rings. The predicted molar refractivity (Wildman–Crippen MR) is 114 cm³/mol. The molecule has 8 nitrogen and oxygen atoms in total. The van der Waals surface area contributed by atoms with E-state index in [9.17, 15) is 9.18 Å². The van der Waals surface area contributed by atoms with E-state index in [1.165, 1.54) is 12.1 Å². The minimum absolute atomic E-state index is 0.00707. The summed E-state index contributed by atoms with van der Waals surface area (Å²) in [6, 6.07) is 15.9. The SMILES string of the molecule is O=C(Cc1cccc(F)c1)N1CCC(n2cc(-c3nc(-c4ccccc4)no3)nn2)CC1. The Morgan fingerprint density at radius 1 is 1.09 bits per heavy atom. The Bertz CT molecular complexity index is 1210. The summed E-state index contributed by atoms with van der Waals surface area (Å²) in [6.07, 6.45) is 3.53. The number of likely N-dealkylation sites (tertiary alicyclic amines) is 1. The molecular formula is C23H21FN6O2. The number of carbonyl (C=O) groups is 1. The lowest BCUT2D eigenvalue weighted by atomic mass is 10.0. The standard InChI is InChI=1S/C23H21FN6O2/c24-18-8-4-5-16(13-18)14-21(31)29-11-9-19(10-12-29)30-15-20(26-28-30)23-25-22(27-32-23)17-6-2-1-3-7-17/h1-8,13,15,19H,9-12,14H2. The van der Waals surface area contributed by atoms with Crippen molar-refractivity contribution in [2.45, 2.75) is 25.3 Å². The molecular weight excluding hydrogens is 411 g/mol. The molecule has 0 aliphatic carbocycles. The molecule has 2 aromatic carbocycles. The van der Waals surface area contributed by atoms with Crippen LogP contribution >= 0.6 is 0 Å². The number of benzene rings is 2. The summed E-state index contributed by atoms with van der Waals surface area (Å²) in [4.78, 5) is 18.8. The van der Waals surface area contributed by atoms with Gasteiger partial charge in [0.1, 0.15) is 5.82 Å². The topological polar surface area (TPSA) is 89.9 Å². The number of hydrogen-bond donors (Lipinski definition) is 0. The number of hydrogen-bond acceptors (Lipinski definition) is 6. The van der Waals surface area contributed by atoms with Crippen LogP contribution in [0.3, 0.4) is 0 Å². The first-order valence-electron chi connectivity index (χ1n) is 10.5. The van der Waals surface area contributed by atoms with E-state index in [-0.39, 0.29) is 24.2 Å². The van der Waals surface area contributed by atoms with Crippen LogP contribution in [-0.2, 0) is 11.2 Å². The van der Waals surface area contributed by atoms with Crippen molar-refractivity contribution in [3.8, 4) is 23.0 Å². The molecule has 4 aromatic rings. The maximum absolute atomic E-state index is 13.4. The molecule has 1 amide bonds. The molecule has 1 fully saturated rings. The van der Waals surface area contributed by atoms with Crippen LogP contribution in [0.25, 0.3) is 23.0 Å². The van der Waals surface area contributed by atoms with Gasteiger partial charge in [-0.25, -0.2) is 9.07 Å². The van der Waals surface area contributed by atoms with Gasteiger partial charge in [0.25, 0.3) is 5.89 Å². The molecule has 0 atom stereocenters. The normalized spacial score (nSPS) is 14.6. The van der Waals surface area contributed by atoms with Crippen molar-refractivity contribution in [2.75, 3.05) is 13.1 Å². The number of rotatable bonds is 5. The fraction of sp³-hybridized carbons (Fsp3) is 0.261. The van der Waals surface area contributed by atoms with E-state index in [2.05, 4.69) is 20.5 Å². The van der Waals surface area contributed by atoms with Gasteiger partial charge in [0, 0.05) is 18.7 Å². The van der Waals surface area contributed by atoms with Gasteiger partial charge in [-0.2, -0.15) is 4.98 Å². The van der Waals surface area contributed by atoms with E-state index in [0.29, 0.717) is 36.1 Å². The van der Waals surface area contributed by atoms with Crippen molar-refractivity contribution < 1.29 is 13.7 Å². The van der Waals surface area contributed by atoms with Gasteiger partial charge in [0.2, 0.25) is 11.7 Å². The van der Waals surface area contributed by atoms with Crippen molar-refractivity contribution in [1.29, 1.82) is 0 Å². The Labute approximate surface area is 183 Å². The molecule has 0 bridgehead atoms. The lowest BCUT2D eigenvalue weighted by Crippen LogP contribution is -2.40. The second kappa shape index (κ2) is 8.70. The maximum atomic E-state index is 13.4. The summed E-state index contributed by atoms with van der Waals surface area (Å²) in [7, 11) is 0. The number of carbonyl (C=O) groups excluding carboxylic acids is 1. The highest BCUT2D eigenvalue weighted by atomic mass is 19.1. The average molecular weight is 432 g/mol. The molecule has 3 heterocycles. The lowest BCUT2D eigenvalue weighted by Gasteiger charge is -2.32. The monoisotopic (exact) mass is 432 g/mol. The van der Waals surface area contributed by atoms with E-state index >= 15 is 0 Å². The molecule has 2 aromatic heterocycles. The number of aromatic nitrogens is 5. The first kappa shape index (κ1) is 20.0. The Morgan fingerprint density at radius 3 is 2.69 bits per heavy atom. The van der Waals surface area contributed by atoms with Gasteiger partial charge < -0.3 is 9.42 Å². The van der Waals surface area contributed by atoms with Gasteiger partial charge in [0.05, 0.1) is 18.7 Å². The van der Waals surface area contributed by atoms with Crippen molar-refractivity contribution >= 4 is 5.91 Å². The zero-order valence-electron chi connectivity index (χ0n) is 17.3. The van der Waals surface area contributed by atoms with Crippen molar-refractivity contribution in [3.63, 3.8) is 0 Å². The second-order valence-corrected chi connectivity index (χ2v) is 7.79. The third-order valence-corrected chi connectivity index (χ3v) is 5.62. The highest BCUT2D eigenvalue weighted by Crippen LogP contribution is 2.25. The average Bonchev–Trinajstić information content (AvgIpc) is 3.50. The van der Waals surface area contributed by atoms with Crippen LogP contribution in [0.4, 0.5) is 4.39 Å². The molecule has 1 saturated heterocycles. The molecule has 0 radical (unpaired) electrons. The van der Waals surface area contributed by atoms with E-state index in [1.807, 2.05) is 35.2 Å². The first-order chi connectivity index (χ1) is 15.7. The van der Waals surface area contributed by atoms with Crippen LogP contribution in [0.15, 0.2) is 65.3 Å². The van der Waals surface area contributed by atoms with Crippen LogP contribution in [0.5, 0.6) is 0 Å². The van der Waals surface area contributed by atoms with Crippen LogP contribution in [0, 0.1) is 5.82 Å². The van der Waals surface area contributed by atoms with E-state index < -0.39 is 0 Å². The number of piperidine rings is 1. The number of amides is 1. The Hall–Kier alpha value is -3.88. The Balaban J connectivity index is 1.20. The van der Waals surface area contributed by atoms with E-state index in [4.69, 9.17) is 4.52 Å². The first-order valence-corrected chi connectivity index (χ1v) is 10.5. The Morgan fingerprint density at radius 2 is 1.91 bits per heavy atom. The third kappa shape index (κ3) is 4.27. The van der Waals surface area contributed by atoms with Gasteiger partial charge in [-0.05, 0) is 30.5 Å². The summed E-state index contributed by atoms with van der Waals surface area (Å²) in [5, 5.41) is 12.4. The van der Waals surface area contributed by atoms with Crippen molar-refractivity contribution in [2.24, 2.45) is 0 Å². The molecule has 0 N–H and O–H groups in total. The smallest absolute Gasteiger partial charge is 0.280 e. The van der Waals surface area contributed by atoms with Crippen LogP contribution in [0.2, 0.25) is 0 Å². The summed E-state index contributed by atoms with van der Waals surface area (Å²) in [5.74, 6) is 0.499. The minimum Gasteiger partial charge on any atom is -0.342 e. The predicted octanol–water partition coefficient (Wildman–Crippen LogP) is 3.54. The van der Waals surface area contributed by atoms with E-state index in [0.717, 1.165) is 18.4 Å². The van der Waals surface area contributed by atoms with Gasteiger partial charge in [-0.3, -0.25) is 4.79 Å². The molecule has 0 unspecified atom stereocenters. The van der Waals surface area contributed by atoms with E-state index in [1.54, 1.807) is 23.0 Å². The molecule has 9 heteroatoms. The summed E-state index contributed by atoms with van der Waals surface area (Å²) < 4.78 is 20.5. The fourth-order valence-corrected chi connectivity index (χ4v) is 3.90. The lowest BCUT2D eigenvalue weighted by molar-refractivity contribution is -0.131. The summed E-state index contributed by atoms with van der Waals surface area (Å²) in [6.45, 7) is 1.24. The van der Waals surface area contributed by atoms with Crippen LogP contribution in [0.1, 0.15) is 24.4 Å². The molecule has 5 rings (SSSR count). The van der Waals surface area contributed by atoms with Gasteiger partial charge >= 0.3 is 0 Å². The summed E-state index contributed by atoms with van der Waals surface area (Å²) in [5.41, 5.74) is 2.07. The minimum atomic E-state index is -0.326. The summed E-state index contributed by atoms with van der Waals surface area (Å²) >= 11 is 0. The second-order valence-electron chi connectivity index (χ2n) is 7.79. The highest BCUT2D eigenvalue weighted by Gasteiger charge is 2.25. The van der Waals surface area contributed by atoms with Gasteiger partial charge in [0.15, 0.2) is 5.69 Å². The molecule has 0 saturated carbocycles. The third-order valence-electron chi connectivity index (χ3n) is 5.62. The van der Waals surface area contributed by atoms with Crippen molar-refractivity contribution in [3.05, 3.63) is 72.2 Å². The molecule has 0 spiro atoms. The van der Waals surface area contributed by atoms with Gasteiger partial charge in [-0.15, -0.1) is 5.10 Å². The van der Waals surface area contributed by atoms with Crippen LogP contribution < -0.4 is 0 Å². The molecule has 162 valence electrons. The zero-order valence-corrected chi connectivity index (χ0v) is 17.3. The maximum Gasteiger partial charge on any atom is 0.280 e. The largest absolute Gasteiger partial charge is 0.342 e.